The SMILES string of the molecule is CC(=O)c1cn(-c2cncc(C)c2)nn1. The van der Waals surface area contributed by atoms with Gasteiger partial charge in [0.2, 0.25) is 0 Å². The van der Waals surface area contributed by atoms with Gasteiger partial charge in [-0.25, -0.2) is 4.68 Å². The van der Waals surface area contributed by atoms with Gasteiger partial charge in [0.15, 0.2) is 5.78 Å². The summed E-state index contributed by atoms with van der Waals surface area (Å²) in [5.74, 6) is -0.0955. The van der Waals surface area contributed by atoms with Crippen molar-refractivity contribution in [2.75, 3.05) is 0 Å². The Bertz CT molecular complexity index is 504. The lowest BCUT2D eigenvalue weighted by Gasteiger charge is -1.99. The number of Topliss-reactive ketones (excluding diaryl/α,β-unsaturated/α-hetero) is 1. The molecular formula is C10H10N4O. The van der Waals surface area contributed by atoms with E-state index in [9.17, 15) is 4.79 Å². The Hall–Kier alpha value is -2.04. The van der Waals surface area contributed by atoms with Crippen LogP contribution in [-0.4, -0.2) is 25.8 Å². The number of nitrogens with zero attached hydrogens (tertiary/aromatic N) is 4. The zero-order valence-electron chi connectivity index (χ0n) is 8.51. The lowest BCUT2D eigenvalue weighted by molar-refractivity contribution is 0.101. The Kier molecular flexibility index (Phi) is 2.29. The quantitative estimate of drug-likeness (QED) is 0.686. The number of hydrogen-bond acceptors (Lipinski definition) is 4. The summed E-state index contributed by atoms with van der Waals surface area (Å²) in [6.45, 7) is 3.40. The van der Waals surface area contributed by atoms with E-state index in [1.807, 2.05) is 13.0 Å². The van der Waals surface area contributed by atoms with Gasteiger partial charge in [-0.05, 0) is 18.6 Å². The van der Waals surface area contributed by atoms with E-state index >= 15 is 0 Å². The van der Waals surface area contributed by atoms with E-state index in [1.165, 1.54) is 11.6 Å². The predicted octanol–water partition coefficient (Wildman–Crippen LogP) is 1.17. The highest BCUT2D eigenvalue weighted by Crippen LogP contribution is 2.07. The Morgan fingerprint density at radius 3 is 2.80 bits per heavy atom. The van der Waals surface area contributed by atoms with E-state index in [0.29, 0.717) is 5.69 Å². The molecule has 5 heteroatoms. The molecule has 0 saturated heterocycles. The molecule has 0 atom stereocenters. The summed E-state index contributed by atoms with van der Waals surface area (Å²) in [6, 6.07) is 1.92. The molecule has 0 aliphatic carbocycles. The maximum atomic E-state index is 11.0. The molecular weight excluding hydrogens is 192 g/mol. The number of aromatic nitrogens is 4. The summed E-state index contributed by atoms with van der Waals surface area (Å²) in [6.07, 6.45) is 5.02. The molecule has 5 nitrogen and oxygen atoms in total. The molecule has 15 heavy (non-hydrogen) atoms. The summed E-state index contributed by atoms with van der Waals surface area (Å²) in [5.41, 5.74) is 2.19. The van der Waals surface area contributed by atoms with Gasteiger partial charge in [-0.2, -0.15) is 0 Å². The van der Waals surface area contributed by atoms with Crippen LogP contribution in [0.15, 0.2) is 24.7 Å². The van der Waals surface area contributed by atoms with Crippen molar-refractivity contribution < 1.29 is 4.79 Å². The summed E-state index contributed by atoms with van der Waals surface area (Å²) < 4.78 is 1.54. The molecule has 0 unspecified atom stereocenters. The molecule has 2 aromatic heterocycles. The Morgan fingerprint density at radius 2 is 2.20 bits per heavy atom. The van der Waals surface area contributed by atoms with E-state index in [4.69, 9.17) is 0 Å². The number of hydrogen-bond donors (Lipinski definition) is 0. The molecule has 0 N–H and O–H groups in total. The van der Waals surface area contributed by atoms with Crippen LogP contribution in [0.4, 0.5) is 0 Å². The second-order valence-corrected chi connectivity index (χ2v) is 3.33. The molecule has 2 heterocycles. The maximum absolute atomic E-state index is 11.0. The van der Waals surface area contributed by atoms with Gasteiger partial charge in [-0.15, -0.1) is 5.10 Å². The third-order valence-electron chi connectivity index (χ3n) is 1.98. The molecule has 0 aromatic carbocycles. The Morgan fingerprint density at radius 1 is 1.40 bits per heavy atom. The van der Waals surface area contributed by atoms with Crippen LogP contribution >= 0.6 is 0 Å². The fourth-order valence-corrected chi connectivity index (χ4v) is 1.22. The van der Waals surface area contributed by atoms with Crippen molar-refractivity contribution in [1.82, 2.24) is 20.0 Å². The molecule has 0 radical (unpaired) electrons. The van der Waals surface area contributed by atoms with Crippen LogP contribution in [0.1, 0.15) is 23.0 Å². The maximum Gasteiger partial charge on any atom is 0.181 e. The average Bonchev–Trinajstić information content (AvgIpc) is 2.66. The fraction of sp³-hybridized carbons (Fsp3) is 0.200. The minimum absolute atomic E-state index is 0.0955. The highest BCUT2D eigenvalue weighted by molar-refractivity contribution is 5.91. The number of rotatable bonds is 2. The highest BCUT2D eigenvalue weighted by atomic mass is 16.1. The summed E-state index contributed by atoms with van der Waals surface area (Å²) >= 11 is 0. The molecule has 0 spiro atoms. The molecule has 0 saturated carbocycles. The summed E-state index contributed by atoms with van der Waals surface area (Å²) in [7, 11) is 0. The zero-order chi connectivity index (χ0) is 10.8. The van der Waals surface area contributed by atoms with Crippen molar-refractivity contribution in [1.29, 1.82) is 0 Å². The Balaban J connectivity index is 2.41. The second kappa shape index (κ2) is 3.61. The van der Waals surface area contributed by atoms with Gasteiger partial charge < -0.3 is 0 Å². The third-order valence-corrected chi connectivity index (χ3v) is 1.98. The van der Waals surface area contributed by atoms with E-state index in [2.05, 4.69) is 15.3 Å². The summed E-state index contributed by atoms with van der Waals surface area (Å²) in [4.78, 5) is 15.1. The first-order chi connectivity index (χ1) is 7.16. The first-order valence-electron chi connectivity index (χ1n) is 4.52. The lowest BCUT2D eigenvalue weighted by Crippen LogP contribution is -1.96. The van der Waals surface area contributed by atoms with Gasteiger partial charge in [0.05, 0.1) is 18.1 Å². The van der Waals surface area contributed by atoms with Crippen molar-refractivity contribution in [3.63, 3.8) is 0 Å². The van der Waals surface area contributed by atoms with Crippen LogP contribution in [0, 0.1) is 6.92 Å². The van der Waals surface area contributed by atoms with E-state index in [-0.39, 0.29) is 5.78 Å². The molecule has 0 amide bonds. The van der Waals surface area contributed by atoms with Gasteiger partial charge in [-0.3, -0.25) is 9.78 Å². The van der Waals surface area contributed by atoms with Gasteiger partial charge >= 0.3 is 0 Å². The molecule has 0 fully saturated rings. The summed E-state index contributed by atoms with van der Waals surface area (Å²) in [5, 5.41) is 7.61. The van der Waals surface area contributed by atoms with Crippen molar-refractivity contribution in [3.05, 3.63) is 35.9 Å². The van der Waals surface area contributed by atoms with Crippen LogP contribution in [0.5, 0.6) is 0 Å². The van der Waals surface area contributed by atoms with Gasteiger partial charge in [0.1, 0.15) is 5.69 Å². The van der Waals surface area contributed by atoms with Crippen molar-refractivity contribution in [2.45, 2.75) is 13.8 Å². The monoisotopic (exact) mass is 202 g/mol. The van der Waals surface area contributed by atoms with Crippen LogP contribution in [0.2, 0.25) is 0 Å². The van der Waals surface area contributed by atoms with Crippen LogP contribution < -0.4 is 0 Å². The van der Waals surface area contributed by atoms with Crippen LogP contribution in [0.3, 0.4) is 0 Å². The third kappa shape index (κ3) is 1.90. The normalized spacial score (nSPS) is 10.3. The molecule has 76 valence electrons. The minimum Gasteiger partial charge on any atom is -0.293 e. The zero-order valence-corrected chi connectivity index (χ0v) is 8.51. The molecule has 2 rings (SSSR count). The smallest absolute Gasteiger partial charge is 0.181 e. The van der Waals surface area contributed by atoms with Gasteiger partial charge in [-0.1, -0.05) is 5.21 Å². The lowest BCUT2D eigenvalue weighted by atomic mass is 10.3. The number of carbonyl (C=O) groups is 1. The molecule has 0 bridgehead atoms. The first-order valence-corrected chi connectivity index (χ1v) is 4.52. The second-order valence-electron chi connectivity index (χ2n) is 3.33. The van der Waals surface area contributed by atoms with Crippen molar-refractivity contribution in [3.8, 4) is 5.69 Å². The first kappa shape index (κ1) is 9.51. The van der Waals surface area contributed by atoms with Crippen LogP contribution in [0.25, 0.3) is 5.69 Å². The van der Waals surface area contributed by atoms with E-state index < -0.39 is 0 Å². The number of ketones is 1. The van der Waals surface area contributed by atoms with Crippen molar-refractivity contribution in [2.24, 2.45) is 0 Å². The van der Waals surface area contributed by atoms with Gasteiger partial charge in [0.25, 0.3) is 0 Å². The topological polar surface area (TPSA) is 60.7 Å². The highest BCUT2D eigenvalue weighted by Gasteiger charge is 2.06. The molecule has 0 aliphatic heterocycles. The van der Waals surface area contributed by atoms with E-state index in [0.717, 1.165) is 11.3 Å². The molecule has 2 aromatic rings. The molecule has 0 aliphatic rings. The largest absolute Gasteiger partial charge is 0.293 e. The van der Waals surface area contributed by atoms with Crippen LogP contribution in [-0.2, 0) is 0 Å². The fourth-order valence-electron chi connectivity index (χ4n) is 1.22. The number of pyridine rings is 1. The van der Waals surface area contributed by atoms with Crippen molar-refractivity contribution >= 4 is 5.78 Å². The van der Waals surface area contributed by atoms with E-state index in [1.54, 1.807) is 18.6 Å². The number of carbonyl (C=O) groups excluding carboxylic acids is 1. The average molecular weight is 202 g/mol. The Labute approximate surface area is 86.8 Å². The number of aryl methyl sites for hydroxylation is 1. The minimum atomic E-state index is -0.0955. The standard InChI is InChI=1S/C10H10N4O/c1-7-3-9(5-11-4-7)14-6-10(8(2)15)12-13-14/h3-6H,1-2H3. The van der Waals surface area contributed by atoms with Gasteiger partial charge in [0, 0.05) is 13.1 Å². The predicted molar refractivity (Wildman–Crippen MR) is 53.9 cm³/mol.